The third kappa shape index (κ3) is 4.44. The molecule has 3 heterocycles. The molecule has 0 spiro atoms. The second-order valence-corrected chi connectivity index (χ2v) is 11.0. The molecule has 5 rings (SSSR count). The lowest BCUT2D eigenvalue weighted by Crippen LogP contribution is -2.44. The molecule has 1 amide bonds. The number of carbonyl (C=O) groups excluding carboxylic acids is 3. The highest BCUT2D eigenvalue weighted by Gasteiger charge is 2.66. The van der Waals surface area contributed by atoms with E-state index in [1.807, 2.05) is 17.9 Å². The van der Waals surface area contributed by atoms with Crippen LogP contribution in [0, 0.1) is 12.3 Å². The van der Waals surface area contributed by atoms with Crippen LogP contribution >= 0.6 is 0 Å². The highest BCUT2D eigenvalue weighted by molar-refractivity contribution is 6.06. The molecule has 1 aliphatic carbocycles. The number of carbonyl (C=O) groups is 3. The number of nitrogens with one attached hydrogen (secondary N) is 1. The SMILES string of the molecule is CCC(=O)[C@@H]1C[C@]23CNCCCCCCCc4cc(C)cc5c(C(C)=O)nn(c45)CC(=O)N1[C@@H]2C3. The molecule has 3 aliphatic rings. The van der Waals surface area contributed by atoms with E-state index in [1.165, 1.54) is 26.2 Å². The summed E-state index contributed by atoms with van der Waals surface area (Å²) in [5.74, 6) is -0.00528. The first-order valence-corrected chi connectivity index (χ1v) is 13.4. The van der Waals surface area contributed by atoms with Gasteiger partial charge in [-0.05, 0) is 57.2 Å². The van der Waals surface area contributed by atoms with Gasteiger partial charge in [0, 0.05) is 36.7 Å². The van der Waals surface area contributed by atoms with Crippen LogP contribution in [0.3, 0.4) is 0 Å². The van der Waals surface area contributed by atoms with Gasteiger partial charge >= 0.3 is 0 Å². The van der Waals surface area contributed by atoms with E-state index in [9.17, 15) is 14.4 Å². The fourth-order valence-corrected chi connectivity index (χ4v) is 6.53. The summed E-state index contributed by atoms with van der Waals surface area (Å²) in [6, 6.07) is 3.97. The summed E-state index contributed by atoms with van der Waals surface area (Å²) in [6.07, 6.45) is 8.88. The quantitative estimate of drug-likeness (QED) is 0.675. The van der Waals surface area contributed by atoms with Crippen LogP contribution in [0.5, 0.6) is 0 Å². The molecule has 7 heteroatoms. The van der Waals surface area contributed by atoms with Crippen LogP contribution in [0.4, 0.5) is 0 Å². The first-order chi connectivity index (χ1) is 16.8. The molecule has 2 aromatic rings. The maximum Gasteiger partial charge on any atom is 0.245 e. The van der Waals surface area contributed by atoms with E-state index in [4.69, 9.17) is 0 Å². The average molecular weight is 479 g/mol. The van der Waals surface area contributed by atoms with Crippen LogP contribution < -0.4 is 5.32 Å². The Morgan fingerprint density at radius 2 is 1.91 bits per heavy atom. The van der Waals surface area contributed by atoms with E-state index in [0.29, 0.717) is 12.1 Å². The minimum atomic E-state index is -0.345. The molecule has 3 atom stereocenters. The third-order valence-corrected chi connectivity index (χ3v) is 8.39. The van der Waals surface area contributed by atoms with Crippen molar-refractivity contribution in [1.82, 2.24) is 20.0 Å². The summed E-state index contributed by atoms with van der Waals surface area (Å²) in [6.45, 7) is 7.40. The van der Waals surface area contributed by atoms with Crippen molar-refractivity contribution in [3.05, 3.63) is 29.0 Å². The van der Waals surface area contributed by atoms with Gasteiger partial charge in [-0.3, -0.25) is 19.1 Å². The summed E-state index contributed by atoms with van der Waals surface area (Å²) >= 11 is 0. The summed E-state index contributed by atoms with van der Waals surface area (Å²) in [5, 5.41) is 9.13. The van der Waals surface area contributed by atoms with Gasteiger partial charge in [0.15, 0.2) is 11.6 Å². The molecule has 1 aromatic heterocycles. The van der Waals surface area contributed by atoms with Crippen LogP contribution in [0.15, 0.2) is 12.1 Å². The number of hydrogen-bond acceptors (Lipinski definition) is 5. The minimum absolute atomic E-state index is 0.0259. The van der Waals surface area contributed by atoms with Gasteiger partial charge in [0.25, 0.3) is 0 Å². The van der Waals surface area contributed by atoms with Crippen molar-refractivity contribution in [3.8, 4) is 0 Å². The Morgan fingerprint density at radius 3 is 2.69 bits per heavy atom. The Labute approximate surface area is 207 Å². The van der Waals surface area contributed by atoms with Gasteiger partial charge in [0.05, 0.1) is 11.6 Å². The number of nitrogens with zero attached hydrogens (tertiary/aromatic N) is 3. The van der Waals surface area contributed by atoms with E-state index in [2.05, 4.69) is 23.4 Å². The maximum atomic E-state index is 13.8. The number of amides is 1. The summed E-state index contributed by atoms with van der Waals surface area (Å²) in [7, 11) is 0. The molecule has 1 saturated heterocycles. The Bertz CT molecular complexity index is 1170. The number of rotatable bonds is 3. The molecular weight excluding hydrogens is 440 g/mol. The lowest BCUT2D eigenvalue weighted by Gasteiger charge is -2.26. The Balaban J connectivity index is 1.55. The van der Waals surface area contributed by atoms with Crippen molar-refractivity contribution in [2.75, 3.05) is 13.1 Å². The van der Waals surface area contributed by atoms with Crippen molar-refractivity contribution in [1.29, 1.82) is 0 Å². The standard InChI is InChI=1S/C28H38N4O3/c1-4-23(34)22-14-28-15-24(28)32(22)25(35)16-31-27-20(10-8-6-5-7-9-11-29-17-28)12-18(2)13-21(27)26(30-31)19(3)33/h12-13,22,24,29H,4-11,14-17H2,1-3H3/t22-,24+,28-/m0/s1. The average Bonchev–Trinajstić information content (AvgIpc) is 3.23. The maximum absolute atomic E-state index is 13.8. The van der Waals surface area contributed by atoms with E-state index >= 15 is 0 Å². The molecule has 1 aromatic carbocycles. The Morgan fingerprint density at radius 1 is 1.14 bits per heavy atom. The zero-order chi connectivity index (χ0) is 24.7. The number of benzene rings is 1. The topological polar surface area (TPSA) is 84.3 Å². The highest BCUT2D eigenvalue weighted by atomic mass is 16.2. The molecule has 0 radical (unpaired) electrons. The number of piperidine rings is 1. The number of ketones is 2. The van der Waals surface area contributed by atoms with Gasteiger partial charge in [-0.2, -0.15) is 5.10 Å². The molecule has 188 valence electrons. The lowest BCUT2D eigenvalue weighted by atomic mass is 9.96. The fourth-order valence-electron chi connectivity index (χ4n) is 6.53. The van der Waals surface area contributed by atoms with Gasteiger partial charge in [0.1, 0.15) is 12.2 Å². The van der Waals surface area contributed by atoms with Crippen molar-refractivity contribution >= 4 is 28.4 Å². The first kappa shape index (κ1) is 24.2. The Hall–Kier alpha value is -2.54. The first-order valence-electron chi connectivity index (χ1n) is 13.4. The van der Waals surface area contributed by atoms with Gasteiger partial charge in [-0.1, -0.05) is 37.8 Å². The second-order valence-electron chi connectivity index (χ2n) is 11.0. The number of hydrogen-bond donors (Lipinski definition) is 1. The number of aryl methyl sites for hydroxylation is 2. The minimum Gasteiger partial charge on any atom is -0.327 e. The molecule has 0 unspecified atom stereocenters. The van der Waals surface area contributed by atoms with Crippen molar-refractivity contribution < 1.29 is 14.4 Å². The van der Waals surface area contributed by atoms with Crippen molar-refractivity contribution in [3.63, 3.8) is 0 Å². The zero-order valence-electron chi connectivity index (χ0n) is 21.4. The van der Waals surface area contributed by atoms with Gasteiger partial charge in [-0.25, -0.2) is 0 Å². The molecule has 1 N–H and O–H groups in total. The third-order valence-electron chi connectivity index (χ3n) is 8.39. The van der Waals surface area contributed by atoms with E-state index in [0.717, 1.165) is 67.2 Å². The predicted molar refractivity (Wildman–Crippen MR) is 136 cm³/mol. The van der Waals surface area contributed by atoms with E-state index in [1.54, 1.807) is 4.68 Å². The molecule has 7 nitrogen and oxygen atoms in total. The molecule has 2 fully saturated rings. The fraction of sp³-hybridized carbons (Fsp3) is 0.643. The summed E-state index contributed by atoms with van der Waals surface area (Å²) in [5.41, 5.74) is 3.62. The smallest absolute Gasteiger partial charge is 0.245 e. The van der Waals surface area contributed by atoms with Crippen LogP contribution in [0.1, 0.15) is 86.8 Å². The number of Topliss-reactive ketones (excluding diaryl/α,β-unsaturated/α-hetero) is 2. The molecule has 35 heavy (non-hydrogen) atoms. The molecular formula is C28H38N4O3. The summed E-state index contributed by atoms with van der Waals surface area (Å²) in [4.78, 5) is 41.0. The second kappa shape index (κ2) is 9.49. The van der Waals surface area contributed by atoms with E-state index < -0.39 is 0 Å². The number of aromatic nitrogens is 2. The van der Waals surface area contributed by atoms with Crippen LogP contribution in [-0.4, -0.2) is 57.3 Å². The lowest BCUT2D eigenvalue weighted by molar-refractivity contribution is -0.139. The normalized spacial score (nSPS) is 27.5. The van der Waals surface area contributed by atoms with Gasteiger partial charge in [-0.15, -0.1) is 0 Å². The monoisotopic (exact) mass is 478 g/mol. The van der Waals surface area contributed by atoms with Crippen LogP contribution in [-0.2, 0) is 22.6 Å². The van der Waals surface area contributed by atoms with Crippen LogP contribution in [0.2, 0.25) is 0 Å². The molecule has 2 aliphatic heterocycles. The molecule has 1 saturated carbocycles. The van der Waals surface area contributed by atoms with E-state index in [-0.39, 0.29) is 41.5 Å². The predicted octanol–water partition coefficient (Wildman–Crippen LogP) is 3.98. The van der Waals surface area contributed by atoms with Crippen molar-refractivity contribution in [2.45, 2.75) is 97.2 Å². The largest absolute Gasteiger partial charge is 0.327 e. The van der Waals surface area contributed by atoms with Crippen molar-refractivity contribution in [2.24, 2.45) is 5.41 Å². The highest BCUT2D eigenvalue weighted by Crippen LogP contribution is 2.59. The zero-order valence-corrected chi connectivity index (χ0v) is 21.4. The van der Waals surface area contributed by atoms with Gasteiger partial charge in [0.2, 0.25) is 5.91 Å². The summed E-state index contributed by atoms with van der Waals surface area (Å²) < 4.78 is 1.75. The van der Waals surface area contributed by atoms with Crippen LogP contribution in [0.25, 0.3) is 10.9 Å². The van der Waals surface area contributed by atoms with Gasteiger partial charge < -0.3 is 10.2 Å². The molecule has 2 bridgehead atoms. The Kier molecular flexibility index (Phi) is 6.55.